The van der Waals surface area contributed by atoms with Gasteiger partial charge in [-0.3, -0.25) is 0 Å². The van der Waals surface area contributed by atoms with Gasteiger partial charge in [0.2, 0.25) is 10.0 Å². The number of benzene rings is 1. The van der Waals surface area contributed by atoms with Gasteiger partial charge < -0.3 is 10.1 Å². The number of methoxy groups -OCH3 is 1. The third-order valence-electron chi connectivity index (χ3n) is 2.68. The first-order valence-electron chi connectivity index (χ1n) is 6.21. The monoisotopic (exact) mass is 286 g/mol. The number of hydrogen-bond acceptors (Lipinski definition) is 4. The minimum absolute atomic E-state index is 0.287. The Hall–Kier alpha value is -1.11. The van der Waals surface area contributed by atoms with E-state index in [-0.39, 0.29) is 6.04 Å². The van der Waals surface area contributed by atoms with Gasteiger partial charge in [0, 0.05) is 19.1 Å². The minimum Gasteiger partial charge on any atom is -0.497 e. The van der Waals surface area contributed by atoms with Crippen LogP contribution in [0.4, 0.5) is 0 Å². The Morgan fingerprint density at radius 1 is 1.21 bits per heavy atom. The molecule has 0 saturated heterocycles. The van der Waals surface area contributed by atoms with Gasteiger partial charge in [-0.25, -0.2) is 13.1 Å². The van der Waals surface area contributed by atoms with Gasteiger partial charge in [0.25, 0.3) is 0 Å². The van der Waals surface area contributed by atoms with Crippen LogP contribution in [0, 0.1) is 0 Å². The van der Waals surface area contributed by atoms with Crippen LogP contribution in [0.1, 0.15) is 12.5 Å². The molecule has 0 saturated carbocycles. The van der Waals surface area contributed by atoms with Crippen molar-refractivity contribution in [2.24, 2.45) is 0 Å². The van der Waals surface area contributed by atoms with Crippen molar-refractivity contribution < 1.29 is 13.2 Å². The Bertz CT molecular complexity index is 471. The standard InChI is InChI=1S/C13H22N2O3S/c1-11(14-8-9-15-19(3,16)17)10-12-4-6-13(18-2)7-5-12/h4-7,11,14-15H,8-10H2,1-3H3. The Morgan fingerprint density at radius 3 is 2.37 bits per heavy atom. The van der Waals surface area contributed by atoms with Gasteiger partial charge in [0.1, 0.15) is 5.75 Å². The lowest BCUT2D eigenvalue weighted by molar-refractivity contribution is 0.414. The number of sulfonamides is 1. The first kappa shape index (κ1) is 15.9. The molecule has 6 heteroatoms. The molecule has 1 atom stereocenters. The van der Waals surface area contributed by atoms with E-state index in [0.717, 1.165) is 18.4 Å². The minimum atomic E-state index is -3.09. The topological polar surface area (TPSA) is 67.4 Å². The van der Waals surface area contributed by atoms with Crippen LogP contribution in [0.3, 0.4) is 0 Å². The normalized spacial score (nSPS) is 13.2. The Labute approximate surface area is 115 Å². The van der Waals surface area contributed by atoms with Crippen LogP contribution >= 0.6 is 0 Å². The molecule has 0 amide bonds. The van der Waals surface area contributed by atoms with Gasteiger partial charge in [0.05, 0.1) is 13.4 Å². The summed E-state index contributed by atoms with van der Waals surface area (Å²) in [7, 11) is -1.45. The van der Waals surface area contributed by atoms with Crippen LogP contribution < -0.4 is 14.8 Å². The van der Waals surface area contributed by atoms with E-state index in [1.807, 2.05) is 24.3 Å². The van der Waals surface area contributed by atoms with Crippen molar-refractivity contribution in [3.63, 3.8) is 0 Å². The highest BCUT2D eigenvalue weighted by Crippen LogP contribution is 2.12. The van der Waals surface area contributed by atoms with Gasteiger partial charge >= 0.3 is 0 Å². The molecule has 0 aliphatic rings. The maximum Gasteiger partial charge on any atom is 0.208 e. The van der Waals surface area contributed by atoms with E-state index in [4.69, 9.17) is 4.74 Å². The summed E-state index contributed by atoms with van der Waals surface area (Å²) in [5, 5.41) is 3.27. The molecular formula is C13H22N2O3S. The van der Waals surface area contributed by atoms with E-state index in [1.54, 1.807) is 7.11 Å². The molecule has 108 valence electrons. The number of hydrogen-bond donors (Lipinski definition) is 2. The summed E-state index contributed by atoms with van der Waals surface area (Å²) < 4.78 is 29.3. The van der Waals surface area contributed by atoms with Crippen LogP contribution in [0.5, 0.6) is 5.75 Å². The number of ether oxygens (including phenoxy) is 1. The highest BCUT2D eigenvalue weighted by atomic mass is 32.2. The lowest BCUT2D eigenvalue weighted by Crippen LogP contribution is -2.36. The Balaban J connectivity index is 2.28. The molecule has 0 aliphatic carbocycles. The molecule has 0 aliphatic heterocycles. The molecule has 1 aromatic carbocycles. The first-order valence-corrected chi connectivity index (χ1v) is 8.11. The molecule has 1 unspecified atom stereocenters. The van der Waals surface area contributed by atoms with Crippen molar-refractivity contribution in [3.05, 3.63) is 29.8 Å². The van der Waals surface area contributed by atoms with Crippen molar-refractivity contribution in [2.45, 2.75) is 19.4 Å². The molecule has 1 aromatic rings. The Kier molecular flexibility index (Phi) is 6.27. The largest absolute Gasteiger partial charge is 0.497 e. The predicted molar refractivity (Wildman–Crippen MR) is 77.0 cm³/mol. The van der Waals surface area contributed by atoms with Gasteiger partial charge in [-0.1, -0.05) is 12.1 Å². The van der Waals surface area contributed by atoms with Crippen molar-refractivity contribution in [1.82, 2.24) is 10.0 Å². The van der Waals surface area contributed by atoms with E-state index >= 15 is 0 Å². The molecule has 0 aromatic heterocycles. The second-order valence-corrected chi connectivity index (χ2v) is 6.41. The second kappa shape index (κ2) is 7.47. The van der Waals surface area contributed by atoms with Gasteiger partial charge in [-0.2, -0.15) is 0 Å². The summed E-state index contributed by atoms with van der Waals surface area (Å²) in [5.74, 6) is 0.849. The molecule has 0 fully saturated rings. The lowest BCUT2D eigenvalue weighted by atomic mass is 10.1. The fourth-order valence-electron chi connectivity index (χ4n) is 1.74. The number of nitrogens with one attached hydrogen (secondary N) is 2. The summed E-state index contributed by atoms with van der Waals surface area (Å²) in [4.78, 5) is 0. The third-order valence-corrected chi connectivity index (χ3v) is 3.41. The molecule has 19 heavy (non-hydrogen) atoms. The average Bonchev–Trinajstić information content (AvgIpc) is 2.34. The van der Waals surface area contributed by atoms with Crippen molar-refractivity contribution >= 4 is 10.0 Å². The van der Waals surface area contributed by atoms with Crippen LogP contribution in [0.15, 0.2) is 24.3 Å². The van der Waals surface area contributed by atoms with Gasteiger partial charge in [-0.05, 0) is 31.0 Å². The first-order chi connectivity index (χ1) is 8.90. The zero-order valence-corrected chi connectivity index (χ0v) is 12.5. The zero-order valence-electron chi connectivity index (χ0n) is 11.6. The van der Waals surface area contributed by atoms with E-state index in [1.165, 1.54) is 5.56 Å². The van der Waals surface area contributed by atoms with E-state index in [9.17, 15) is 8.42 Å². The van der Waals surface area contributed by atoms with Crippen molar-refractivity contribution in [3.8, 4) is 5.75 Å². The maximum atomic E-state index is 10.9. The van der Waals surface area contributed by atoms with Crippen molar-refractivity contribution in [2.75, 3.05) is 26.5 Å². The summed E-state index contributed by atoms with van der Waals surface area (Å²) in [6, 6.07) is 8.23. The lowest BCUT2D eigenvalue weighted by Gasteiger charge is -2.14. The van der Waals surface area contributed by atoms with E-state index in [2.05, 4.69) is 17.0 Å². The second-order valence-electron chi connectivity index (χ2n) is 4.57. The quantitative estimate of drug-likeness (QED) is 0.693. The highest BCUT2D eigenvalue weighted by molar-refractivity contribution is 7.88. The van der Waals surface area contributed by atoms with E-state index < -0.39 is 10.0 Å². The van der Waals surface area contributed by atoms with Crippen LogP contribution in [-0.4, -0.2) is 40.9 Å². The average molecular weight is 286 g/mol. The predicted octanol–water partition coefficient (Wildman–Crippen LogP) is 0.765. The molecule has 5 nitrogen and oxygen atoms in total. The van der Waals surface area contributed by atoms with Crippen LogP contribution in [0.2, 0.25) is 0 Å². The van der Waals surface area contributed by atoms with E-state index in [0.29, 0.717) is 13.1 Å². The van der Waals surface area contributed by atoms with Crippen LogP contribution in [0.25, 0.3) is 0 Å². The summed E-state index contributed by atoms with van der Waals surface area (Å²) in [6.07, 6.45) is 2.05. The van der Waals surface area contributed by atoms with Crippen LogP contribution in [-0.2, 0) is 16.4 Å². The number of rotatable bonds is 8. The van der Waals surface area contributed by atoms with Gasteiger partial charge in [-0.15, -0.1) is 0 Å². The fraction of sp³-hybridized carbons (Fsp3) is 0.538. The molecule has 1 rings (SSSR count). The summed E-state index contributed by atoms with van der Waals surface area (Å²) >= 11 is 0. The molecule has 0 bridgehead atoms. The summed E-state index contributed by atoms with van der Waals surface area (Å²) in [6.45, 7) is 3.10. The Morgan fingerprint density at radius 2 is 1.84 bits per heavy atom. The fourth-order valence-corrected chi connectivity index (χ4v) is 2.22. The SMILES string of the molecule is COc1ccc(CC(C)NCCNS(C)(=O)=O)cc1. The summed E-state index contributed by atoms with van der Waals surface area (Å²) in [5.41, 5.74) is 1.22. The smallest absolute Gasteiger partial charge is 0.208 e. The third kappa shape index (κ3) is 7.15. The van der Waals surface area contributed by atoms with Crippen molar-refractivity contribution in [1.29, 1.82) is 0 Å². The molecule has 0 heterocycles. The molecular weight excluding hydrogens is 264 g/mol. The molecule has 0 radical (unpaired) electrons. The zero-order chi connectivity index (χ0) is 14.3. The molecule has 2 N–H and O–H groups in total. The highest BCUT2D eigenvalue weighted by Gasteiger charge is 2.04. The maximum absolute atomic E-state index is 10.9. The molecule has 0 spiro atoms. The van der Waals surface area contributed by atoms with Gasteiger partial charge in [0.15, 0.2) is 0 Å².